The number of halogens is 3. The molecule has 0 radical (unpaired) electrons. The van der Waals surface area contributed by atoms with Gasteiger partial charge in [0.15, 0.2) is 0 Å². The Kier molecular flexibility index (Phi) is 5.07. The summed E-state index contributed by atoms with van der Waals surface area (Å²) < 4.78 is 3.26. The first-order valence-corrected chi connectivity index (χ1v) is 11.7. The summed E-state index contributed by atoms with van der Waals surface area (Å²) in [5, 5.41) is 5.03. The van der Waals surface area contributed by atoms with Crippen LogP contribution in [0.3, 0.4) is 0 Å². The van der Waals surface area contributed by atoms with E-state index in [9.17, 15) is 0 Å². The second kappa shape index (κ2) is 7.71. The summed E-state index contributed by atoms with van der Waals surface area (Å²) in [7, 11) is 0. The van der Waals surface area contributed by atoms with Gasteiger partial charge in [0.25, 0.3) is 0 Å². The van der Waals surface area contributed by atoms with Crippen LogP contribution in [-0.4, -0.2) is 0 Å². The van der Waals surface area contributed by atoms with E-state index in [1.54, 1.807) is 0 Å². The van der Waals surface area contributed by atoms with Crippen molar-refractivity contribution < 1.29 is 0 Å². The van der Waals surface area contributed by atoms with E-state index in [1.165, 1.54) is 43.8 Å². The minimum Gasteiger partial charge on any atom is -0.0616 e. The summed E-state index contributed by atoms with van der Waals surface area (Å²) in [6.45, 7) is 0. The average molecular weight is 567 g/mol. The van der Waals surface area contributed by atoms with Crippen LogP contribution in [0.5, 0.6) is 0 Å². The Hall–Kier alpha value is -1.94. The second-order valence-electron chi connectivity index (χ2n) is 7.00. The maximum absolute atomic E-state index is 3.69. The molecule has 0 saturated heterocycles. The number of hydrogen-bond acceptors (Lipinski definition) is 0. The highest BCUT2D eigenvalue weighted by Crippen LogP contribution is 2.44. The molecule has 0 amide bonds. The SMILES string of the molecule is Brc1ccc(-c2c3ccccc3c(-c3ccc(Br)cc3)c3cc(Br)ccc23)cc1. The molecule has 0 unspecified atom stereocenters. The van der Waals surface area contributed by atoms with Crippen molar-refractivity contribution >= 4 is 69.3 Å². The van der Waals surface area contributed by atoms with Crippen molar-refractivity contribution in [3.8, 4) is 22.3 Å². The average Bonchev–Trinajstić information content (AvgIpc) is 2.74. The minimum absolute atomic E-state index is 1.08. The van der Waals surface area contributed by atoms with Gasteiger partial charge in [-0.2, -0.15) is 0 Å². The maximum Gasteiger partial charge on any atom is 0.0181 e. The molecule has 0 fully saturated rings. The molecule has 5 aromatic rings. The molecule has 0 aliphatic rings. The zero-order valence-corrected chi connectivity index (χ0v) is 20.1. The third kappa shape index (κ3) is 3.46. The van der Waals surface area contributed by atoms with Crippen LogP contribution in [0.1, 0.15) is 0 Å². The lowest BCUT2D eigenvalue weighted by molar-refractivity contribution is 1.61. The van der Waals surface area contributed by atoms with Gasteiger partial charge in [-0.1, -0.05) is 102 Å². The lowest BCUT2D eigenvalue weighted by Crippen LogP contribution is -1.91. The van der Waals surface area contributed by atoms with E-state index in [-0.39, 0.29) is 0 Å². The second-order valence-corrected chi connectivity index (χ2v) is 9.75. The number of rotatable bonds is 2. The molecular formula is C26H15Br3. The predicted molar refractivity (Wildman–Crippen MR) is 135 cm³/mol. The van der Waals surface area contributed by atoms with E-state index in [4.69, 9.17) is 0 Å². The zero-order valence-electron chi connectivity index (χ0n) is 15.3. The maximum atomic E-state index is 3.69. The molecule has 0 heterocycles. The Balaban J connectivity index is 1.98. The molecular weight excluding hydrogens is 552 g/mol. The van der Waals surface area contributed by atoms with E-state index < -0.39 is 0 Å². The minimum atomic E-state index is 1.08. The van der Waals surface area contributed by atoms with Gasteiger partial charge in [-0.05, 0) is 80.2 Å². The Bertz CT molecular complexity index is 1350. The van der Waals surface area contributed by atoms with Crippen molar-refractivity contribution in [2.24, 2.45) is 0 Å². The van der Waals surface area contributed by atoms with Gasteiger partial charge >= 0.3 is 0 Å². The van der Waals surface area contributed by atoms with Crippen molar-refractivity contribution in [2.45, 2.75) is 0 Å². The van der Waals surface area contributed by atoms with Crippen LogP contribution >= 0.6 is 47.8 Å². The summed E-state index contributed by atoms with van der Waals surface area (Å²) in [5.41, 5.74) is 4.98. The van der Waals surface area contributed by atoms with Gasteiger partial charge in [0.05, 0.1) is 0 Å². The van der Waals surface area contributed by atoms with Gasteiger partial charge in [-0.25, -0.2) is 0 Å². The molecule has 29 heavy (non-hydrogen) atoms. The molecule has 0 nitrogen and oxygen atoms in total. The Morgan fingerprint density at radius 2 is 0.793 bits per heavy atom. The van der Waals surface area contributed by atoms with Crippen LogP contribution in [0.15, 0.2) is 104 Å². The molecule has 5 rings (SSSR count). The zero-order chi connectivity index (χ0) is 20.0. The Morgan fingerprint density at radius 3 is 1.31 bits per heavy atom. The van der Waals surface area contributed by atoms with Crippen LogP contribution in [0.4, 0.5) is 0 Å². The molecule has 0 spiro atoms. The summed E-state index contributed by atoms with van der Waals surface area (Å²) >= 11 is 10.8. The molecule has 140 valence electrons. The lowest BCUT2D eigenvalue weighted by atomic mass is 9.86. The Morgan fingerprint density at radius 1 is 0.379 bits per heavy atom. The number of benzene rings is 5. The highest BCUT2D eigenvalue weighted by Gasteiger charge is 2.16. The van der Waals surface area contributed by atoms with E-state index in [0.29, 0.717) is 0 Å². The summed E-state index contributed by atoms with van der Waals surface area (Å²) in [5.74, 6) is 0. The third-order valence-corrected chi connectivity index (χ3v) is 6.80. The van der Waals surface area contributed by atoms with Crippen LogP contribution in [0, 0.1) is 0 Å². The fraction of sp³-hybridized carbons (Fsp3) is 0. The van der Waals surface area contributed by atoms with Crippen molar-refractivity contribution in [1.29, 1.82) is 0 Å². The standard InChI is InChI=1S/C26H15Br3/c27-18-9-5-16(6-10-18)25-21-3-1-2-4-22(21)26(17-7-11-19(28)12-8-17)24-15-20(29)13-14-23(24)25/h1-15H. The third-order valence-electron chi connectivity index (χ3n) is 5.25. The van der Waals surface area contributed by atoms with Gasteiger partial charge < -0.3 is 0 Å². The first-order valence-electron chi connectivity index (χ1n) is 9.28. The molecule has 5 aromatic carbocycles. The van der Waals surface area contributed by atoms with Gasteiger partial charge in [0.2, 0.25) is 0 Å². The molecule has 0 aliphatic carbocycles. The summed E-state index contributed by atoms with van der Waals surface area (Å²) in [4.78, 5) is 0. The van der Waals surface area contributed by atoms with E-state index in [0.717, 1.165) is 13.4 Å². The predicted octanol–water partition coefficient (Wildman–Crippen LogP) is 9.61. The van der Waals surface area contributed by atoms with Crippen LogP contribution in [-0.2, 0) is 0 Å². The van der Waals surface area contributed by atoms with Crippen molar-refractivity contribution in [1.82, 2.24) is 0 Å². The van der Waals surface area contributed by atoms with E-state index >= 15 is 0 Å². The quantitative estimate of drug-likeness (QED) is 0.187. The number of fused-ring (bicyclic) bond motifs is 2. The van der Waals surface area contributed by atoms with Crippen LogP contribution in [0.2, 0.25) is 0 Å². The van der Waals surface area contributed by atoms with Gasteiger partial charge in [0.1, 0.15) is 0 Å². The summed E-state index contributed by atoms with van der Waals surface area (Å²) in [6, 6.07) is 32.5. The molecule has 3 heteroatoms. The first-order chi connectivity index (χ1) is 14.1. The molecule has 0 bridgehead atoms. The number of hydrogen-bond donors (Lipinski definition) is 0. The highest BCUT2D eigenvalue weighted by atomic mass is 79.9. The smallest absolute Gasteiger partial charge is 0.0181 e. The van der Waals surface area contributed by atoms with Crippen molar-refractivity contribution in [3.63, 3.8) is 0 Å². The monoisotopic (exact) mass is 564 g/mol. The molecule has 0 aliphatic heterocycles. The largest absolute Gasteiger partial charge is 0.0616 e. The molecule has 0 aromatic heterocycles. The van der Waals surface area contributed by atoms with E-state index in [1.807, 2.05) is 0 Å². The van der Waals surface area contributed by atoms with Crippen molar-refractivity contribution in [3.05, 3.63) is 104 Å². The topological polar surface area (TPSA) is 0 Å². The van der Waals surface area contributed by atoms with Gasteiger partial charge in [-0.3, -0.25) is 0 Å². The van der Waals surface area contributed by atoms with Crippen LogP contribution in [0.25, 0.3) is 43.8 Å². The van der Waals surface area contributed by atoms with Gasteiger partial charge in [0, 0.05) is 13.4 Å². The normalized spacial score (nSPS) is 11.3. The molecule has 0 N–H and O–H groups in total. The van der Waals surface area contributed by atoms with E-state index in [2.05, 4.69) is 139 Å². The summed E-state index contributed by atoms with van der Waals surface area (Å²) in [6.07, 6.45) is 0. The highest BCUT2D eigenvalue weighted by molar-refractivity contribution is 9.11. The van der Waals surface area contributed by atoms with Crippen LogP contribution < -0.4 is 0 Å². The fourth-order valence-corrected chi connectivity index (χ4v) is 4.90. The lowest BCUT2D eigenvalue weighted by Gasteiger charge is -2.18. The van der Waals surface area contributed by atoms with Gasteiger partial charge in [-0.15, -0.1) is 0 Å². The molecule has 0 atom stereocenters. The molecule has 0 saturated carbocycles. The first kappa shape index (κ1) is 19.0. The Labute approximate surface area is 195 Å². The van der Waals surface area contributed by atoms with Crippen molar-refractivity contribution in [2.75, 3.05) is 0 Å². The fourth-order valence-electron chi connectivity index (χ4n) is 4.01.